The first kappa shape index (κ1) is 17.8. The van der Waals surface area contributed by atoms with Gasteiger partial charge < -0.3 is 5.32 Å². The molecule has 3 aromatic rings. The number of aromatic nitrogens is 2. The number of carbonyl (C=O) groups excluding carboxylic acids is 1. The van der Waals surface area contributed by atoms with Crippen LogP contribution in [0.25, 0.3) is 10.9 Å². The summed E-state index contributed by atoms with van der Waals surface area (Å²) in [5, 5.41) is 4.22. The summed E-state index contributed by atoms with van der Waals surface area (Å²) in [7, 11) is 0. The summed E-state index contributed by atoms with van der Waals surface area (Å²) in [5.74, 6) is 0.115. The van der Waals surface area contributed by atoms with Crippen molar-refractivity contribution in [3.05, 3.63) is 63.9 Å². The Balaban J connectivity index is 1.56. The summed E-state index contributed by atoms with van der Waals surface area (Å²) in [4.78, 5) is 30.0. The molecule has 1 saturated carbocycles. The lowest BCUT2D eigenvalue weighted by atomic mass is 10.1. The van der Waals surface area contributed by atoms with Crippen molar-refractivity contribution in [1.29, 1.82) is 0 Å². The lowest BCUT2D eigenvalue weighted by Gasteiger charge is -2.13. The molecule has 6 heteroatoms. The van der Waals surface area contributed by atoms with E-state index in [4.69, 9.17) is 0 Å². The fourth-order valence-corrected chi connectivity index (χ4v) is 3.95. The average Bonchev–Trinajstić information content (AvgIpc) is 3.49. The van der Waals surface area contributed by atoms with E-state index in [0.717, 1.165) is 29.7 Å². The number of aryl methyl sites for hydroxylation is 1. The predicted octanol–water partition coefficient (Wildman–Crippen LogP) is 4.08. The minimum Gasteiger partial charge on any atom is -0.325 e. The van der Waals surface area contributed by atoms with Gasteiger partial charge in [0, 0.05) is 11.7 Å². The van der Waals surface area contributed by atoms with Gasteiger partial charge in [0.2, 0.25) is 5.91 Å². The van der Waals surface area contributed by atoms with E-state index >= 15 is 0 Å². The predicted molar refractivity (Wildman–Crippen MR) is 110 cm³/mol. The summed E-state index contributed by atoms with van der Waals surface area (Å²) >= 11 is 1.32. The Labute approximate surface area is 161 Å². The van der Waals surface area contributed by atoms with Crippen LogP contribution < -0.4 is 10.9 Å². The van der Waals surface area contributed by atoms with Crippen LogP contribution in [0.2, 0.25) is 0 Å². The third-order valence-electron chi connectivity index (χ3n) is 4.90. The summed E-state index contributed by atoms with van der Waals surface area (Å²) in [5.41, 5.74) is 3.69. The fraction of sp³-hybridized carbons (Fsp3) is 0.286. The Morgan fingerprint density at radius 2 is 1.96 bits per heavy atom. The van der Waals surface area contributed by atoms with Gasteiger partial charge in [-0.1, -0.05) is 36.0 Å². The summed E-state index contributed by atoms with van der Waals surface area (Å²) in [6.07, 6.45) is 1.98. The van der Waals surface area contributed by atoms with Gasteiger partial charge in [0.25, 0.3) is 5.56 Å². The van der Waals surface area contributed by atoms with Crippen LogP contribution in [0.5, 0.6) is 0 Å². The first-order valence-electron chi connectivity index (χ1n) is 9.05. The Morgan fingerprint density at radius 3 is 2.74 bits per heavy atom. The Kier molecular flexibility index (Phi) is 4.74. The molecule has 1 fully saturated rings. The molecule has 5 nitrogen and oxygen atoms in total. The molecule has 0 spiro atoms. The molecule has 0 unspecified atom stereocenters. The second kappa shape index (κ2) is 7.19. The number of thioether (sulfide) groups is 1. The smallest absolute Gasteiger partial charge is 0.262 e. The van der Waals surface area contributed by atoms with E-state index in [2.05, 4.69) is 10.3 Å². The van der Waals surface area contributed by atoms with Crippen LogP contribution in [0, 0.1) is 13.8 Å². The summed E-state index contributed by atoms with van der Waals surface area (Å²) in [6.45, 7) is 4.01. The number of hydrogen-bond donors (Lipinski definition) is 1. The number of nitrogens with one attached hydrogen (secondary N) is 1. The molecule has 1 N–H and O–H groups in total. The van der Waals surface area contributed by atoms with Gasteiger partial charge in [0.1, 0.15) is 0 Å². The monoisotopic (exact) mass is 379 g/mol. The average molecular weight is 379 g/mol. The zero-order valence-electron chi connectivity index (χ0n) is 15.4. The quantitative estimate of drug-likeness (QED) is 0.536. The molecule has 0 atom stereocenters. The van der Waals surface area contributed by atoms with Crippen LogP contribution in [0.1, 0.15) is 30.0 Å². The van der Waals surface area contributed by atoms with Crippen LogP contribution in [-0.4, -0.2) is 21.2 Å². The lowest BCUT2D eigenvalue weighted by Crippen LogP contribution is -2.23. The maximum Gasteiger partial charge on any atom is 0.262 e. The maximum absolute atomic E-state index is 12.9. The number of nitrogens with zero attached hydrogens (tertiary/aromatic N) is 2. The molecule has 0 radical (unpaired) electrons. The highest BCUT2D eigenvalue weighted by molar-refractivity contribution is 7.99. The topological polar surface area (TPSA) is 64.0 Å². The third kappa shape index (κ3) is 3.62. The van der Waals surface area contributed by atoms with E-state index in [1.165, 1.54) is 11.8 Å². The lowest BCUT2D eigenvalue weighted by molar-refractivity contribution is -0.113. The van der Waals surface area contributed by atoms with Crippen molar-refractivity contribution in [2.75, 3.05) is 11.1 Å². The van der Waals surface area contributed by atoms with E-state index < -0.39 is 0 Å². The van der Waals surface area contributed by atoms with E-state index in [1.54, 1.807) is 4.57 Å². The number of rotatable bonds is 5. The van der Waals surface area contributed by atoms with E-state index in [1.807, 2.05) is 56.3 Å². The number of carbonyl (C=O) groups is 1. The highest BCUT2D eigenvalue weighted by Crippen LogP contribution is 2.36. The molecule has 0 bridgehead atoms. The molecule has 0 aliphatic heterocycles. The van der Waals surface area contributed by atoms with Crippen LogP contribution in [0.4, 0.5) is 5.69 Å². The Morgan fingerprint density at radius 1 is 1.19 bits per heavy atom. The number of benzene rings is 2. The first-order valence-corrected chi connectivity index (χ1v) is 10.0. The van der Waals surface area contributed by atoms with Crippen LogP contribution in [0.15, 0.2) is 52.4 Å². The minimum atomic E-state index is -0.0987. The van der Waals surface area contributed by atoms with Gasteiger partial charge in [0.05, 0.1) is 16.7 Å². The second-order valence-corrected chi connectivity index (χ2v) is 7.84. The van der Waals surface area contributed by atoms with Crippen molar-refractivity contribution in [1.82, 2.24) is 9.55 Å². The molecule has 1 amide bonds. The number of amides is 1. The molecule has 0 saturated heterocycles. The van der Waals surface area contributed by atoms with Gasteiger partial charge in [-0.3, -0.25) is 14.2 Å². The molecule has 1 aromatic heterocycles. The third-order valence-corrected chi connectivity index (χ3v) is 5.85. The molecule has 1 aliphatic carbocycles. The van der Waals surface area contributed by atoms with E-state index in [-0.39, 0.29) is 23.3 Å². The van der Waals surface area contributed by atoms with Crippen molar-refractivity contribution >= 4 is 34.3 Å². The van der Waals surface area contributed by atoms with Gasteiger partial charge in [-0.25, -0.2) is 4.98 Å². The van der Waals surface area contributed by atoms with Crippen LogP contribution in [-0.2, 0) is 4.79 Å². The number of fused-ring (bicyclic) bond motifs is 1. The number of hydrogen-bond acceptors (Lipinski definition) is 4. The Hall–Kier alpha value is -2.60. The molecule has 1 heterocycles. The summed E-state index contributed by atoms with van der Waals surface area (Å²) in [6, 6.07) is 13.4. The summed E-state index contributed by atoms with van der Waals surface area (Å²) < 4.78 is 1.76. The molecule has 2 aromatic carbocycles. The molecule has 27 heavy (non-hydrogen) atoms. The van der Waals surface area contributed by atoms with E-state index in [0.29, 0.717) is 16.1 Å². The van der Waals surface area contributed by atoms with Gasteiger partial charge in [-0.2, -0.15) is 0 Å². The largest absolute Gasteiger partial charge is 0.325 e. The highest BCUT2D eigenvalue weighted by Gasteiger charge is 2.28. The SMILES string of the molecule is Cc1cccc(NC(=O)CSc2nc3ccccc3c(=O)n2C2CC2)c1C. The van der Waals surface area contributed by atoms with Gasteiger partial charge in [0.15, 0.2) is 5.16 Å². The fourth-order valence-electron chi connectivity index (χ4n) is 3.08. The van der Waals surface area contributed by atoms with Crippen molar-refractivity contribution in [2.45, 2.75) is 37.9 Å². The highest BCUT2D eigenvalue weighted by atomic mass is 32.2. The van der Waals surface area contributed by atoms with Gasteiger partial charge >= 0.3 is 0 Å². The Bertz CT molecular complexity index is 1090. The maximum atomic E-state index is 12.9. The van der Waals surface area contributed by atoms with Crippen molar-refractivity contribution in [2.24, 2.45) is 0 Å². The normalized spacial score (nSPS) is 13.7. The number of anilines is 1. The van der Waals surface area contributed by atoms with Gasteiger partial charge in [-0.05, 0) is 56.0 Å². The molecular formula is C21H21N3O2S. The minimum absolute atomic E-state index is 0.0134. The zero-order chi connectivity index (χ0) is 19.0. The van der Waals surface area contributed by atoms with Crippen LogP contribution >= 0.6 is 11.8 Å². The molecule has 138 valence electrons. The van der Waals surface area contributed by atoms with Crippen molar-refractivity contribution in [3.8, 4) is 0 Å². The zero-order valence-corrected chi connectivity index (χ0v) is 16.2. The van der Waals surface area contributed by atoms with Crippen molar-refractivity contribution < 1.29 is 4.79 Å². The van der Waals surface area contributed by atoms with Crippen molar-refractivity contribution in [3.63, 3.8) is 0 Å². The van der Waals surface area contributed by atoms with Gasteiger partial charge in [-0.15, -0.1) is 0 Å². The second-order valence-electron chi connectivity index (χ2n) is 6.90. The number of para-hydroxylation sites is 1. The standard InChI is InChI=1S/C21H21N3O2S/c1-13-6-5-9-17(14(13)2)22-19(25)12-27-21-23-18-8-4-3-7-16(18)20(26)24(21)15-10-11-15/h3-9,15H,10-12H2,1-2H3,(H,22,25). The first-order chi connectivity index (χ1) is 13.0. The molecule has 1 aliphatic rings. The van der Waals surface area contributed by atoms with E-state index in [9.17, 15) is 9.59 Å². The van der Waals surface area contributed by atoms with Crippen LogP contribution in [0.3, 0.4) is 0 Å². The molecular weight excluding hydrogens is 358 g/mol. The molecule has 4 rings (SSSR count).